The topological polar surface area (TPSA) is 64.0 Å². The highest BCUT2D eigenvalue weighted by Gasteiger charge is 2.17. The summed E-state index contributed by atoms with van der Waals surface area (Å²) in [6, 6.07) is 17.5. The maximum atomic E-state index is 13.3. The minimum absolute atomic E-state index is 0.119. The fraction of sp³-hybridized carbons (Fsp3) is 0.125. The molecule has 0 saturated carbocycles. The van der Waals surface area contributed by atoms with E-state index in [0.717, 1.165) is 22.4 Å². The van der Waals surface area contributed by atoms with Crippen molar-refractivity contribution in [2.45, 2.75) is 18.6 Å². The number of thioether (sulfide) groups is 1. The molecule has 0 aliphatic heterocycles. The van der Waals surface area contributed by atoms with Crippen molar-refractivity contribution in [3.63, 3.8) is 0 Å². The summed E-state index contributed by atoms with van der Waals surface area (Å²) in [6.45, 7) is 6.07. The zero-order chi connectivity index (χ0) is 21.8. The van der Waals surface area contributed by atoms with Crippen molar-refractivity contribution in [1.82, 2.24) is 9.55 Å². The average Bonchev–Trinajstić information content (AvgIpc) is 3.19. The van der Waals surface area contributed by atoms with Gasteiger partial charge in [0.1, 0.15) is 4.83 Å². The summed E-state index contributed by atoms with van der Waals surface area (Å²) in [6.07, 6.45) is 1.67. The lowest BCUT2D eigenvalue weighted by Crippen LogP contribution is -2.23. The smallest absolute Gasteiger partial charge is 0.263 e. The van der Waals surface area contributed by atoms with Gasteiger partial charge in [-0.3, -0.25) is 14.2 Å². The van der Waals surface area contributed by atoms with E-state index in [-0.39, 0.29) is 17.2 Å². The fourth-order valence-electron chi connectivity index (χ4n) is 3.29. The van der Waals surface area contributed by atoms with Crippen LogP contribution in [0.25, 0.3) is 21.3 Å². The van der Waals surface area contributed by atoms with Crippen LogP contribution < -0.4 is 10.9 Å². The fourth-order valence-corrected chi connectivity index (χ4v) is 5.08. The van der Waals surface area contributed by atoms with E-state index in [1.165, 1.54) is 23.1 Å². The summed E-state index contributed by atoms with van der Waals surface area (Å²) in [5.41, 5.74) is 3.57. The molecule has 0 bridgehead atoms. The van der Waals surface area contributed by atoms with Gasteiger partial charge in [-0.15, -0.1) is 17.9 Å². The third-order valence-corrected chi connectivity index (χ3v) is 6.54. The molecule has 0 radical (unpaired) electrons. The van der Waals surface area contributed by atoms with Gasteiger partial charge >= 0.3 is 0 Å². The van der Waals surface area contributed by atoms with Crippen molar-refractivity contribution in [3.8, 4) is 11.1 Å². The van der Waals surface area contributed by atoms with Crippen molar-refractivity contribution in [1.29, 1.82) is 0 Å². The first-order chi connectivity index (χ1) is 15.1. The van der Waals surface area contributed by atoms with Gasteiger partial charge in [0.15, 0.2) is 5.16 Å². The maximum Gasteiger partial charge on any atom is 0.263 e. The second-order valence-electron chi connectivity index (χ2n) is 7.00. The Morgan fingerprint density at radius 3 is 2.77 bits per heavy atom. The highest BCUT2D eigenvalue weighted by atomic mass is 32.2. The van der Waals surface area contributed by atoms with Gasteiger partial charge in [-0.05, 0) is 30.2 Å². The van der Waals surface area contributed by atoms with E-state index >= 15 is 0 Å². The van der Waals surface area contributed by atoms with Crippen LogP contribution in [0, 0.1) is 6.92 Å². The largest absolute Gasteiger partial charge is 0.325 e. The normalized spacial score (nSPS) is 10.9. The van der Waals surface area contributed by atoms with Crippen LogP contribution in [0.5, 0.6) is 0 Å². The molecule has 0 fully saturated rings. The molecule has 1 amide bonds. The number of hydrogen-bond donors (Lipinski definition) is 1. The molecule has 2 aromatic carbocycles. The second kappa shape index (κ2) is 9.32. The number of anilines is 1. The number of hydrogen-bond acceptors (Lipinski definition) is 5. The average molecular weight is 448 g/mol. The Bertz CT molecular complexity index is 1310. The number of aromatic nitrogens is 2. The summed E-state index contributed by atoms with van der Waals surface area (Å²) < 4.78 is 1.58. The van der Waals surface area contributed by atoms with Crippen molar-refractivity contribution < 1.29 is 4.79 Å². The van der Waals surface area contributed by atoms with Crippen LogP contribution in [0.3, 0.4) is 0 Å². The van der Waals surface area contributed by atoms with Gasteiger partial charge in [0.2, 0.25) is 5.91 Å². The minimum atomic E-state index is -0.147. The van der Waals surface area contributed by atoms with Crippen molar-refractivity contribution in [2.24, 2.45) is 0 Å². The molecule has 0 atom stereocenters. The molecular formula is C24H21N3O2S2. The summed E-state index contributed by atoms with van der Waals surface area (Å²) >= 11 is 2.69. The summed E-state index contributed by atoms with van der Waals surface area (Å²) in [5, 5.41) is 5.97. The third kappa shape index (κ3) is 4.62. The van der Waals surface area contributed by atoms with Gasteiger partial charge in [0.05, 0.1) is 11.1 Å². The van der Waals surface area contributed by atoms with E-state index in [2.05, 4.69) is 11.9 Å². The zero-order valence-electron chi connectivity index (χ0n) is 17.0. The summed E-state index contributed by atoms with van der Waals surface area (Å²) in [7, 11) is 0. The number of fused-ring (bicyclic) bond motifs is 1. The molecule has 4 rings (SSSR count). The Hall–Kier alpha value is -3.16. The van der Waals surface area contributed by atoms with Gasteiger partial charge in [-0.1, -0.05) is 60.3 Å². The summed E-state index contributed by atoms with van der Waals surface area (Å²) in [4.78, 5) is 31.2. The van der Waals surface area contributed by atoms with Crippen LogP contribution in [0.15, 0.2) is 82.6 Å². The molecule has 0 aliphatic rings. The van der Waals surface area contributed by atoms with E-state index in [0.29, 0.717) is 21.9 Å². The van der Waals surface area contributed by atoms with E-state index in [4.69, 9.17) is 4.98 Å². The van der Waals surface area contributed by atoms with Gasteiger partial charge in [-0.2, -0.15) is 0 Å². The van der Waals surface area contributed by atoms with Crippen molar-refractivity contribution in [2.75, 3.05) is 11.1 Å². The standard InChI is InChI=1S/C24H21N3O2S2/c1-3-12-27-23(29)21-19(17-9-5-4-6-10-17)14-30-22(21)26-24(27)31-15-20(28)25-18-11-7-8-16(2)13-18/h3-11,13-14H,1,12,15H2,2H3,(H,25,28). The molecule has 5 nitrogen and oxygen atoms in total. The zero-order valence-corrected chi connectivity index (χ0v) is 18.6. The monoisotopic (exact) mass is 447 g/mol. The highest BCUT2D eigenvalue weighted by molar-refractivity contribution is 7.99. The molecule has 1 N–H and O–H groups in total. The number of allylic oxidation sites excluding steroid dienone is 1. The van der Waals surface area contributed by atoms with Crippen LogP contribution >= 0.6 is 23.1 Å². The van der Waals surface area contributed by atoms with E-state index in [9.17, 15) is 9.59 Å². The lowest BCUT2D eigenvalue weighted by molar-refractivity contribution is -0.113. The number of thiophene rings is 1. The number of nitrogens with zero attached hydrogens (tertiary/aromatic N) is 2. The van der Waals surface area contributed by atoms with Crippen molar-refractivity contribution >= 4 is 44.9 Å². The molecule has 0 aliphatic carbocycles. The Morgan fingerprint density at radius 1 is 1.23 bits per heavy atom. The number of aryl methyl sites for hydroxylation is 1. The molecule has 0 spiro atoms. The number of benzene rings is 2. The predicted octanol–water partition coefficient (Wildman–Crippen LogP) is 5.35. The van der Waals surface area contributed by atoms with Crippen molar-refractivity contribution in [3.05, 3.63) is 88.5 Å². The van der Waals surface area contributed by atoms with E-state index in [1.807, 2.05) is 66.9 Å². The third-order valence-electron chi connectivity index (χ3n) is 4.69. The van der Waals surface area contributed by atoms with Gasteiger partial charge in [-0.25, -0.2) is 4.98 Å². The number of amides is 1. The molecule has 4 aromatic rings. The molecule has 2 heterocycles. The number of carbonyl (C=O) groups is 1. The molecular weight excluding hydrogens is 426 g/mol. The molecule has 2 aromatic heterocycles. The lowest BCUT2D eigenvalue weighted by atomic mass is 10.1. The first-order valence-electron chi connectivity index (χ1n) is 9.74. The van der Waals surface area contributed by atoms with E-state index in [1.54, 1.807) is 10.6 Å². The van der Waals surface area contributed by atoms with Crippen LogP contribution in [0.4, 0.5) is 5.69 Å². The molecule has 156 valence electrons. The van der Waals surface area contributed by atoms with E-state index < -0.39 is 0 Å². The predicted molar refractivity (Wildman–Crippen MR) is 130 cm³/mol. The van der Waals surface area contributed by atoms with Crippen LogP contribution in [0.2, 0.25) is 0 Å². The van der Waals surface area contributed by atoms with Gasteiger partial charge in [0, 0.05) is 23.2 Å². The van der Waals surface area contributed by atoms with Gasteiger partial charge < -0.3 is 5.32 Å². The Morgan fingerprint density at radius 2 is 2.03 bits per heavy atom. The SMILES string of the molecule is C=CCn1c(SCC(=O)Nc2cccc(C)c2)nc2scc(-c3ccccc3)c2c1=O. The second-order valence-corrected chi connectivity index (χ2v) is 8.80. The number of rotatable bonds is 7. The molecule has 0 saturated heterocycles. The van der Waals surface area contributed by atoms with Crippen LogP contribution in [0.1, 0.15) is 5.56 Å². The lowest BCUT2D eigenvalue weighted by Gasteiger charge is -2.11. The quantitative estimate of drug-likeness (QED) is 0.236. The molecule has 31 heavy (non-hydrogen) atoms. The minimum Gasteiger partial charge on any atom is -0.325 e. The Balaban J connectivity index is 1.63. The van der Waals surface area contributed by atoms with Crippen LogP contribution in [-0.4, -0.2) is 21.2 Å². The maximum absolute atomic E-state index is 13.3. The summed E-state index contributed by atoms with van der Waals surface area (Å²) in [5.74, 6) is 0.00574. The molecule has 0 unspecified atom stereocenters. The Kier molecular flexibility index (Phi) is 6.34. The first kappa shape index (κ1) is 21.1. The number of nitrogens with one attached hydrogen (secondary N) is 1. The van der Waals surface area contributed by atoms with Gasteiger partial charge in [0.25, 0.3) is 5.56 Å². The first-order valence-corrected chi connectivity index (χ1v) is 11.6. The Labute approximate surface area is 188 Å². The molecule has 7 heteroatoms. The number of carbonyl (C=O) groups excluding carboxylic acids is 1. The van der Waals surface area contributed by atoms with Crippen LogP contribution in [-0.2, 0) is 11.3 Å². The highest BCUT2D eigenvalue weighted by Crippen LogP contribution is 2.32.